The predicted molar refractivity (Wildman–Crippen MR) is 62.5 cm³/mol. The van der Waals surface area contributed by atoms with Gasteiger partial charge in [0.1, 0.15) is 5.75 Å². The van der Waals surface area contributed by atoms with Crippen LogP contribution in [0.15, 0.2) is 29.2 Å². The highest BCUT2D eigenvalue weighted by atomic mass is 79.9. The number of rotatable bonds is 3. The Morgan fingerprint density at radius 3 is 1.94 bits per heavy atom. The Hall–Kier alpha value is -0.670. The van der Waals surface area contributed by atoms with Gasteiger partial charge in [-0.1, -0.05) is 3.89 Å². The van der Waals surface area contributed by atoms with E-state index in [0.717, 1.165) is 12.1 Å². The van der Waals surface area contributed by atoms with E-state index in [9.17, 15) is 16.5 Å². The summed E-state index contributed by atoms with van der Waals surface area (Å²) in [7, 11) is -7.91. The second-order valence-corrected chi connectivity index (χ2v) is 5.90. The number of halogens is 2. The van der Waals surface area contributed by atoms with Crippen LogP contribution in [0.3, 0.4) is 0 Å². The molecule has 1 unspecified atom stereocenters. The van der Waals surface area contributed by atoms with Gasteiger partial charge >= 0.3 is 10.5 Å². The summed E-state index contributed by atoms with van der Waals surface area (Å²) in [6.07, 6.45) is 1.22. The van der Waals surface area contributed by atoms with Gasteiger partial charge in [-0.25, -0.2) is 8.99 Å². The average molecular weight is 334 g/mol. The zero-order valence-corrected chi connectivity index (χ0v) is 11.4. The van der Waals surface area contributed by atoms with E-state index in [1.54, 1.807) is 0 Å². The lowest BCUT2D eigenvalue weighted by molar-refractivity contribution is 0.440. The number of benzene rings is 1. The third-order valence-electron chi connectivity index (χ3n) is 1.47. The van der Waals surface area contributed by atoms with E-state index in [0.29, 0.717) is 0 Å². The maximum absolute atomic E-state index is 12.1. The van der Waals surface area contributed by atoms with Crippen LogP contribution in [0.5, 0.6) is 5.75 Å². The fourth-order valence-electron chi connectivity index (χ4n) is 0.870. The van der Waals surface area contributed by atoms with E-state index in [-0.39, 0.29) is 27.6 Å². The van der Waals surface area contributed by atoms with Crippen LogP contribution < -0.4 is 4.18 Å². The molecule has 0 radical (unpaired) electrons. The molecule has 1 N–H and O–H groups in total. The van der Waals surface area contributed by atoms with Crippen LogP contribution in [-0.4, -0.2) is 18.9 Å². The van der Waals surface area contributed by atoms with Gasteiger partial charge in [-0.3, -0.25) is 0 Å². The molecule has 0 spiro atoms. The summed E-state index contributed by atoms with van der Waals surface area (Å²) in [5.41, 5.74) is 0. The SMILES string of the molecule is Br.CS(=N)(=O)c1ccc(OS(=O)(=O)F)cc1. The molecule has 1 aromatic rings. The first-order valence-corrected chi connectivity index (χ1v) is 6.94. The summed E-state index contributed by atoms with van der Waals surface area (Å²) in [4.78, 5) is 0.214. The number of hydrogen-bond donors (Lipinski definition) is 1. The van der Waals surface area contributed by atoms with Crippen molar-refractivity contribution in [1.29, 1.82) is 4.78 Å². The smallest absolute Gasteiger partial charge is 0.358 e. The Morgan fingerprint density at radius 2 is 1.62 bits per heavy atom. The summed E-state index contributed by atoms with van der Waals surface area (Å²) in [6, 6.07) is 4.75. The van der Waals surface area contributed by atoms with Crippen LogP contribution in [0.4, 0.5) is 3.89 Å². The van der Waals surface area contributed by atoms with Crippen LogP contribution >= 0.6 is 17.0 Å². The highest BCUT2D eigenvalue weighted by Gasteiger charge is 2.10. The van der Waals surface area contributed by atoms with Crippen molar-refractivity contribution in [1.82, 2.24) is 0 Å². The second-order valence-electron chi connectivity index (χ2n) is 2.79. The lowest BCUT2D eigenvalue weighted by Gasteiger charge is -2.02. The van der Waals surface area contributed by atoms with Gasteiger partial charge in [0.2, 0.25) is 0 Å². The van der Waals surface area contributed by atoms with Crippen molar-refractivity contribution in [3.8, 4) is 5.75 Å². The molecule has 0 bridgehead atoms. The fraction of sp³-hybridized carbons (Fsp3) is 0.143. The fourth-order valence-corrected chi connectivity index (χ4v) is 1.87. The lowest BCUT2D eigenvalue weighted by atomic mass is 10.3. The Labute approximate surface area is 104 Å². The minimum atomic E-state index is -5.04. The van der Waals surface area contributed by atoms with Crippen molar-refractivity contribution in [2.75, 3.05) is 6.26 Å². The summed E-state index contributed by atoms with van der Waals surface area (Å²) in [6.45, 7) is 0. The van der Waals surface area contributed by atoms with E-state index in [1.165, 1.54) is 18.4 Å². The monoisotopic (exact) mass is 333 g/mol. The first-order valence-electron chi connectivity index (χ1n) is 3.66. The quantitative estimate of drug-likeness (QED) is 0.856. The molecule has 0 aliphatic rings. The highest BCUT2D eigenvalue weighted by Crippen LogP contribution is 2.17. The zero-order chi connectivity index (χ0) is 11.7. The zero-order valence-electron chi connectivity index (χ0n) is 8.05. The van der Waals surface area contributed by atoms with Crippen LogP contribution in [0.1, 0.15) is 0 Å². The molecule has 9 heteroatoms. The van der Waals surface area contributed by atoms with E-state index in [1.807, 2.05) is 0 Å². The Morgan fingerprint density at radius 1 is 1.19 bits per heavy atom. The molecular weight excluding hydrogens is 325 g/mol. The molecule has 0 aliphatic carbocycles. The molecule has 0 saturated carbocycles. The minimum absolute atomic E-state index is 0. The number of hydrogen-bond acceptors (Lipinski definition) is 5. The van der Waals surface area contributed by atoms with Crippen molar-refractivity contribution < 1.29 is 20.7 Å². The standard InChI is InChI=1S/C7H8FNO4S2.BrH/c1-14(9,10)7-4-2-6(3-5-7)13-15(8,11)12;/h2-5,9H,1H3;1H. The molecule has 0 aromatic heterocycles. The van der Waals surface area contributed by atoms with Crippen molar-refractivity contribution in [2.45, 2.75) is 4.90 Å². The highest BCUT2D eigenvalue weighted by molar-refractivity contribution is 8.93. The summed E-state index contributed by atoms with van der Waals surface area (Å²) in [5.74, 6) is -0.232. The van der Waals surface area contributed by atoms with Crippen molar-refractivity contribution in [3.05, 3.63) is 24.3 Å². The van der Waals surface area contributed by atoms with Gasteiger partial charge in [0, 0.05) is 11.2 Å². The number of nitrogens with one attached hydrogen (secondary N) is 1. The Balaban J connectivity index is 0.00000225. The van der Waals surface area contributed by atoms with E-state index >= 15 is 0 Å². The van der Waals surface area contributed by atoms with Gasteiger partial charge < -0.3 is 4.18 Å². The van der Waals surface area contributed by atoms with Gasteiger partial charge in [0.15, 0.2) is 0 Å². The van der Waals surface area contributed by atoms with E-state index < -0.39 is 20.2 Å². The minimum Gasteiger partial charge on any atom is -0.358 e. The molecule has 1 atom stereocenters. The first kappa shape index (κ1) is 15.3. The topological polar surface area (TPSA) is 84.3 Å². The first-order chi connectivity index (χ1) is 6.68. The third-order valence-corrected chi connectivity index (χ3v) is 3.03. The third kappa shape index (κ3) is 4.90. The molecule has 0 aliphatic heterocycles. The normalized spacial score (nSPS) is 14.6. The van der Waals surface area contributed by atoms with Crippen LogP contribution in [0.25, 0.3) is 0 Å². The maximum atomic E-state index is 12.1. The molecule has 1 aromatic carbocycles. The van der Waals surface area contributed by atoms with Gasteiger partial charge in [-0.2, -0.15) is 8.42 Å². The van der Waals surface area contributed by atoms with Crippen LogP contribution in [0, 0.1) is 4.78 Å². The maximum Gasteiger partial charge on any atom is 0.488 e. The van der Waals surface area contributed by atoms with Gasteiger partial charge in [0.25, 0.3) is 0 Å². The largest absolute Gasteiger partial charge is 0.488 e. The molecule has 0 saturated heterocycles. The van der Waals surface area contributed by atoms with Crippen molar-refractivity contribution >= 4 is 37.2 Å². The molecule has 0 fully saturated rings. The lowest BCUT2D eigenvalue weighted by Crippen LogP contribution is -2.01. The van der Waals surface area contributed by atoms with Gasteiger partial charge in [-0.15, -0.1) is 17.0 Å². The molecule has 92 valence electrons. The summed E-state index contributed by atoms with van der Waals surface area (Å²) in [5, 5.41) is 0. The molecule has 16 heavy (non-hydrogen) atoms. The molecule has 0 heterocycles. The van der Waals surface area contributed by atoms with Gasteiger partial charge in [-0.05, 0) is 24.3 Å². The molecular formula is C7H9BrFNO4S2. The summed E-state index contributed by atoms with van der Waals surface area (Å²) >= 11 is 0. The van der Waals surface area contributed by atoms with Crippen molar-refractivity contribution in [2.24, 2.45) is 0 Å². The van der Waals surface area contributed by atoms with Crippen molar-refractivity contribution in [3.63, 3.8) is 0 Å². The van der Waals surface area contributed by atoms with Gasteiger partial charge in [0.05, 0.1) is 9.73 Å². The predicted octanol–water partition coefficient (Wildman–Crippen LogP) is 1.89. The second kappa shape index (κ2) is 5.11. The van der Waals surface area contributed by atoms with E-state index in [4.69, 9.17) is 4.78 Å². The van der Waals surface area contributed by atoms with E-state index in [2.05, 4.69) is 4.18 Å². The Bertz CT molecular complexity index is 553. The Kier molecular flexibility index (Phi) is 4.89. The molecule has 0 amide bonds. The van der Waals surface area contributed by atoms with Crippen LogP contribution in [0.2, 0.25) is 0 Å². The molecule has 5 nitrogen and oxygen atoms in total. The van der Waals surface area contributed by atoms with Crippen LogP contribution in [-0.2, 0) is 20.2 Å². The summed E-state index contributed by atoms with van der Waals surface area (Å²) < 4.78 is 54.6. The average Bonchev–Trinajstić information content (AvgIpc) is 2.00. The molecule has 1 rings (SSSR count).